The summed E-state index contributed by atoms with van der Waals surface area (Å²) in [6.07, 6.45) is 0.133. The van der Waals surface area contributed by atoms with Crippen molar-refractivity contribution in [3.05, 3.63) is 86.3 Å². The number of amides is 2. The number of aromatic nitrogens is 2. The van der Waals surface area contributed by atoms with E-state index in [-0.39, 0.29) is 12.0 Å². The van der Waals surface area contributed by atoms with Crippen LogP contribution in [0.3, 0.4) is 0 Å². The third-order valence-corrected chi connectivity index (χ3v) is 5.97. The molecule has 31 heavy (non-hydrogen) atoms. The average Bonchev–Trinajstić information content (AvgIpc) is 2.85. The van der Waals surface area contributed by atoms with Crippen LogP contribution >= 0.6 is 23.2 Å². The maximum atomic E-state index is 13.2. The molecule has 0 radical (unpaired) electrons. The molecular weight excluding hydrogens is 439 g/mol. The van der Waals surface area contributed by atoms with Crippen LogP contribution < -0.4 is 16.5 Å². The molecule has 2 aromatic carbocycles. The molecule has 2 unspecified atom stereocenters. The molecular formula is C22H18Cl2N4O3. The number of carbonyl (C=O) groups is 2. The minimum Gasteiger partial charge on any atom is -0.364 e. The Labute approximate surface area is 187 Å². The molecule has 4 rings (SSSR count). The molecule has 1 aliphatic heterocycles. The highest BCUT2D eigenvalue weighted by Crippen LogP contribution is 2.41. The number of nitrogens with one attached hydrogen (secondary N) is 1. The highest BCUT2D eigenvalue weighted by atomic mass is 35.5. The normalized spacial score (nSPS) is 18.1. The molecule has 7 nitrogen and oxygen atoms in total. The third-order valence-electron chi connectivity index (χ3n) is 5.32. The van der Waals surface area contributed by atoms with Gasteiger partial charge in [-0.2, -0.15) is 5.10 Å². The van der Waals surface area contributed by atoms with Crippen LogP contribution in [-0.2, 0) is 4.79 Å². The molecule has 2 heterocycles. The topological polar surface area (TPSA) is 107 Å². The number of alkyl halides is 1. The van der Waals surface area contributed by atoms with E-state index in [4.69, 9.17) is 28.9 Å². The molecule has 0 spiro atoms. The highest BCUT2D eigenvalue weighted by molar-refractivity contribution is 6.31. The summed E-state index contributed by atoms with van der Waals surface area (Å²) in [6.45, 7) is 1.67. The lowest BCUT2D eigenvalue weighted by Crippen LogP contribution is -2.34. The van der Waals surface area contributed by atoms with Gasteiger partial charge in [0.1, 0.15) is 0 Å². The van der Waals surface area contributed by atoms with Gasteiger partial charge < -0.3 is 11.1 Å². The first-order chi connectivity index (χ1) is 14.8. The van der Waals surface area contributed by atoms with Crippen molar-refractivity contribution in [2.24, 2.45) is 5.73 Å². The minimum absolute atomic E-state index is 0.133. The molecule has 2 atom stereocenters. The summed E-state index contributed by atoms with van der Waals surface area (Å²) in [6, 6.07) is 14.0. The van der Waals surface area contributed by atoms with Crippen molar-refractivity contribution >= 4 is 40.7 Å². The number of halogens is 2. The van der Waals surface area contributed by atoms with Crippen LogP contribution in [0.1, 0.15) is 45.0 Å². The maximum Gasteiger partial charge on any atom is 0.273 e. The van der Waals surface area contributed by atoms with Crippen molar-refractivity contribution in [2.75, 3.05) is 5.32 Å². The fourth-order valence-corrected chi connectivity index (χ4v) is 4.37. The van der Waals surface area contributed by atoms with Gasteiger partial charge in [0, 0.05) is 22.0 Å². The molecule has 0 bridgehead atoms. The molecule has 3 aromatic rings. The summed E-state index contributed by atoms with van der Waals surface area (Å²) >= 11 is 12.7. The first-order valence-corrected chi connectivity index (χ1v) is 10.3. The summed E-state index contributed by atoms with van der Waals surface area (Å²) in [5.74, 6) is -2.30. The van der Waals surface area contributed by atoms with Gasteiger partial charge in [-0.3, -0.25) is 14.4 Å². The van der Waals surface area contributed by atoms with Gasteiger partial charge in [-0.25, -0.2) is 4.68 Å². The van der Waals surface area contributed by atoms with Gasteiger partial charge in [-0.05, 0) is 49.2 Å². The van der Waals surface area contributed by atoms with Crippen molar-refractivity contribution in [1.29, 1.82) is 0 Å². The number of nitrogens with zero attached hydrogens (tertiary/aromatic N) is 2. The number of hydrogen-bond acceptors (Lipinski definition) is 4. The largest absolute Gasteiger partial charge is 0.364 e. The Hall–Kier alpha value is -3.16. The van der Waals surface area contributed by atoms with Crippen molar-refractivity contribution in [2.45, 2.75) is 24.6 Å². The molecule has 0 fully saturated rings. The summed E-state index contributed by atoms with van der Waals surface area (Å²) in [4.78, 5) is 38.3. The van der Waals surface area contributed by atoms with Crippen molar-refractivity contribution in [1.82, 2.24) is 9.78 Å². The first kappa shape index (κ1) is 21.1. The Morgan fingerprint density at radius 3 is 2.58 bits per heavy atom. The lowest BCUT2D eigenvalue weighted by atomic mass is 9.90. The molecule has 2 amide bonds. The number of carbonyl (C=O) groups excluding carboxylic acids is 2. The Bertz CT molecular complexity index is 1260. The van der Waals surface area contributed by atoms with Gasteiger partial charge >= 0.3 is 0 Å². The number of fused-ring (bicyclic) bond motifs is 1. The number of rotatable bonds is 3. The van der Waals surface area contributed by atoms with E-state index in [1.165, 1.54) is 4.68 Å². The number of hydrogen-bond donors (Lipinski definition) is 2. The van der Waals surface area contributed by atoms with Crippen molar-refractivity contribution in [3.8, 4) is 5.69 Å². The van der Waals surface area contributed by atoms with Gasteiger partial charge in [0.25, 0.3) is 5.91 Å². The van der Waals surface area contributed by atoms with Gasteiger partial charge in [-0.1, -0.05) is 29.8 Å². The fraction of sp³-hybridized carbons (Fsp3) is 0.182. The summed E-state index contributed by atoms with van der Waals surface area (Å²) in [5.41, 5.74) is 6.69. The lowest BCUT2D eigenvalue weighted by Gasteiger charge is -2.20. The van der Waals surface area contributed by atoms with E-state index in [1.807, 2.05) is 6.07 Å². The number of nitrogens with two attached hydrogens (primary N) is 1. The molecule has 1 aromatic heterocycles. The Morgan fingerprint density at radius 2 is 1.90 bits per heavy atom. The molecule has 158 valence electrons. The zero-order chi connectivity index (χ0) is 22.3. The SMILES string of the molecule is Cc1c(C2CC(Cl)c3cc(Cl)ccc3NC2=O)c(=O)c(C(N)=O)nn1-c1ccccc1. The van der Waals surface area contributed by atoms with E-state index in [9.17, 15) is 14.4 Å². The second kappa shape index (κ2) is 8.17. The van der Waals surface area contributed by atoms with Crippen LogP contribution in [0.5, 0.6) is 0 Å². The second-order valence-corrected chi connectivity index (χ2v) is 8.23. The average molecular weight is 457 g/mol. The summed E-state index contributed by atoms with van der Waals surface area (Å²) in [5, 5.41) is 6.88. The van der Waals surface area contributed by atoms with Gasteiger partial charge in [0.05, 0.1) is 17.0 Å². The van der Waals surface area contributed by atoms with Crippen molar-refractivity contribution < 1.29 is 9.59 Å². The lowest BCUT2D eigenvalue weighted by molar-refractivity contribution is -0.117. The predicted molar refractivity (Wildman–Crippen MR) is 119 cm³/mol. The zero-order valence-electron chi connectivity index (χ0n) is 16.4. The number of para-hydroxylation sites is 1. The zero-order valence-corrected chi connectivity index (χ0v) is 17.9. The molecule has 0 saturated heterocycles. The van der Waals surface area contributed by atoms with E-state index >= 15 is 0 Å². The molecule has 0 aliphatic carbocycles. The van der Waals surface area contributed by atoms with Crippen LogP contribution in [0.25, 0.3) is 5.69 Å². The van der Waals surface area contributed by atoms with Gasteiger partial charge in [-0.15, -0.1) is 11.6 Å². The van der Waals surface area contributed by atoms with E-state index in [2.05, 4.69) is 10.4 Å². The third kappa shape index (κ3) is 3.82. The molecule has 1 aliphatic rings. The van der Waals surface area contributed by atoms with E-state index in [0.29, 0.717) is 27.7 Å². The monoisotopic (exact) mass is 456 g/mol. The van der Waals surface area contributed by atoms with E-state index in [0.717, 1.165) is 0 Å². The molecule has 0 saturated carbocycles. The summed E-state index contributed by atoms with van der Waals surface area (Å²) in [7, 11) is 0. The van der Waals surface area contributed by atoms with Gasteiger partial charge in [0.2, 0.25) is 11.3 Å². The number of anilines is 1. The van der Waals surface area contributed by atoms with Crippen LogP contribution in [0.15, 0.2) is 53.3 Å². The smallest absolute Gasteiger partial charge is 0.273 e. The standard InChI is InChI=1S/C22H18Cl2N4O3/c1-11-18(15-10-16(24)14-9-12(23)7-8-17(14)26-22(15)31)20(29)19(21(25)30)27-28(11)13-5-3-2-4-6-13/h2-9,15-16H,10H2,1H3,(H2,25,30)(H,26,31). The quantitative estimate of drug-likeness (QED) is 0.585. The second-order valence-electron chi connectivity index (χ2n) is 7.27. The predicted octanol–water partition coefficient (Wildman–Crippen LogP) is 3.70. The minimum atomic E-state index is -0.970. The molecule has 9 heteroatoms. The number of benzene rings is 2. The maximum absolute atomic E-state index is 13.2. The van der Waals surface area contributed by atoms with Gasteiger partial charge in [0.15, 0.2) is 5.69 Å². The first-order valence-electron chi connectivity index (χ1n) is 9.51. The van der Waals surface area contributed by atoms with Crippen LogP contribution in [-0.4, -0.2) is 21.6 Å². The Morgan fingerprint density at radius 1 is 1.19 bits per heavy atom. The van der Waals surface area contributed by atoms with E-state index in [1.54, 1.807) is 49.4 Å². The Balaban J connectivity index is 1.91. The Kier molecular flexibility index (Phi) is 5.56. The summed E-state index contributed by atoms with van der Waals surface area (Å²) < 4.78 is 1.45. The van der Waals surface area contributed by atoms with E-state index < -0.39 is 34.2 Å². The number of primary amides is 1. The van der Waals surface area contributed by atoms with Crippen LogP contribution in [0, 0.1) is 6.92 Å². The fourth-order valence-electron chi connectivity index (χ4n) is 3.83. The highest BCUT2D eigenvalue weighted by Gasteiger charge is 2.35. The van der Waals surface area contributed by atoms with Crippen LogP contribution in [0.4, 0.5) is 5.69 Å². The van der Waals surface area contributed by atoms with Crippen LogP contribution in [0.2, 0.25) is 5.02 Å². The molecule has 3 N–H and O–H groups in total. The van der Waals surface area contributed by atoms with Crippen molar-refractivity contribution in [3.63, 3.8) is 0 Å².